The van der Waals surface area contributed by atoms with Crippen LogP contribution in [0.5, 0.6) is 0 Å². The summed E-state index contributed by atoms with van der Waals surface area (Å²) in [6.07, 6.45) is 0.268. The quantitative estimate of drug-likeness (QED) is 0.741. The molecule has 0 spiro atoms. The predicted molar refractivity (Wildman–Crippen MR) is 112 cm³/mol. The summed E-state index contributed by atoms with van der Waals surface area (Å²) in [4.78, 5) is 27.4. The van der Waals surface area contributed by atoms with Gasteiger partial charge in [-0.3, -0.25) is 9.59 Å². The van der Waals surface area contributed by atoms with Gasteiger partial charge >= 0.3 is 0 Å². The maximum atomic E-state index is 13.0. The SMILES string of the molecule is CC(C(=O)NC(C)(C)C)N(Cc1ccc(Br)cc1)C(=O)Cc1ccccc1. The van der Waals surface area contributed by atoms with Gasteiger partial charge in [0.2, 0.25) is 11.8 Å². The summed E-state index contributed by atoms with van der Waals surface area (Å²) in [5, 5.41) is 2.97. The number of hydrogen-bond donors (Lipinski definition) is 1. The Bertz CT molecular complexity index is 767. The number of nitrogens with zero attached hydrogens (tertiary/aromatic N) is 1. The van der Waals surface area contributed by atoms with Gasteiger partial charge in [-0.15, -0.1) is 0 Å². The number of benzene rings is 2. The van der Waals surface area contributed by atoms with Crippen molar-refractivity contribution in [3.05, 3.63) is 70.2 Å². The molecule has 0 aliphatic heterocycles. The second kappa shape index (κ2) is 9.18. The normalized spacial score (nSPS) is 12.3. The molecule has 4 nitrogen and oxygen atoms in total. The van der Waals surface area contributed by atoms with E-state index in [9.17, 15) is 9.59 Å². The minimum absolute atomic E-state index is 0.0688. The Hall–Kier alpha value is -2.14. The molecule has 5 heteroatoms. The van der Waals surface area contributed by atoms with Crippen LogP contribution >= 0.6 is 15.9 Å². The van der Waals surface area contributed by atoms with E-state index in [2.05, 4.69) is 21.2 Å². The van der Waals surface area contributed by atoms with Crippen LogP contribution < -0.4 is 5.32 Å². The monoisotopic (exact) mass is 430 g/mol. The Labute approximate surface area is 170 Å². The van der Waals surface area contributed by atoms with E-state index in [0.29, 0.717) is 6.54 Å². The van der Waals surface area contributed by atoms with Crippen molar-refractivity contribution in [3.8, 4) is 0 Å². The van der Waals surface area contributed by atoms with Gasteiger partial charge < -0.3 is 10.2 Å². The molecule has 27 heavy (non-hydrogen) atoms. The third kappa shape index (κ3) is 6.83. The first-order valence-electron chi connectivity index (χ1n) is 9.05. The first-order chi connectivity index (χ1) is 12.7. The molecule has 0 aliphatic carbocycles. The molecule has 144 valence electrons. The fourth-order valence-electron chi connectivity index (χ4n) is 2.72. The van der Waals surface area contributed by atoms with Gasteiger partial charge in [0.05, 0.1) is 6.42 Å². The summed E-state index contributed by atoms with van der Waals surface area (Å²) in [5.74, 6) is -0.221. The second-order valence-electron chi connectivity index (χ2n) is 7.73. The standard InChI is InChI=1S/C22H27BrN2O2/c1-16(21(27)24-22(2,3)4)25(15-18-10-12-19(23)13-11-18)20(26)14-17-8-6-5-7-9-17/h5-13,16H,14-15H2,1-4H3,(H,24,27). The maximum absolute atomic E-state index is 13.0. The Balaban J connectivity index is 2.22. The Morgan fingerprint density at radius 2 is 1.59 bits per heavy atom. The molecule has 2 aromatic carbocycles. The lowest BCUT2D eigenvalue weighted by atomic mass is 10.1. The highest BCUT2D eigenvalue weighted by Crippen LogP contribution is 2.16. The van der Waals surface area contributed by atoms with E-state index >= 15 is 0 Å². The van der Waals surface area contributed by atoms with Gasteiger partial charge in [-0.2, -0.15) is 0 Å². The van der Waals surface area contributed by atoms with Crippen molar-refractivity contribution >= 4 is 27.7 Å². The topological polar surface area (TPSA) is 49.4 Å². The number of nitrogens with one attached hydrogen (secondary N) is 1. The lowest BCUT2D eigenvalue weighted by Gasteiger charge is -2.31. The predicted octanol–water partition coefficient (Wildman–Crippen LogP) is 4.32. The van der Waals surface area contributed by atoms with Crippen molar-refractivity contribution in [1.29, 1.82) is 0 Å². The van der Waals surface area contributed by atoms with Crippen molar-refractivity contribution in [1.82, 2.24) is 10.2 Å². The fraction of sp³-hybridized carbons (Fsp3) is 0.364. The minimum atomic E-state index is -0.566. The van der Waals surface area contributed by atoms with E-state index in [-0.39, 0.29) is 23.8 Å². The number of rotatable bonds is 6. The molecule has 0 radical (unpaired) electrons. The van der Waals surface area contributed by atoms with Crippen molar-refractivity contribution < 1.29 is 9.59 Å². The Kier molecular flexibility index (Phi) is 7.19. The van der Waals surface area contributed by atoms with E-state index in [1.165, 1.54) is 0 Å². The van der Waals surface area contributed by atoms with Crippen LogP contribution in [0.25, 0.3) is 0 Å². The van der Waals surface area contributed by atoms with Gasteiger partial charge in [-0.25, -0.2) is 0 Å². The Morgan fingerprint density at radius 1 is 1.00 bits per heavy atom. The molecule has 1 N–H and O–H groups in total. The molecule has 0 heterocycles. The van der Waals surface area contributed by atoms with Gasteiger partial charge in [0.1, 0.15) is 6.04 Å². The van der Waals surface area contributed by atoms with Crippen molar-refractivity contribution in [2.75, 3.05) is 0 Å². The van der Waals surface area contributed by atoms with E-state index in [1.807, 2.05) is 75.4 Å². The molecule has 2 rings (SSSR count). The minimum Gasteiger partial charge on any atom is -0.350 e. The summed E-state index contributed by atoms with van der Waals surface area (Å²) < 4.78 is 0.979. The lowest BCUT2D eigenvalue weighted by Crippen LogP contribution is -2.52. The molecule has 0 fully saturated rings. The van der Waals surface area contributed by atoms with E-state index in [4.69, 9.17) is 0 Å². The lowest BCUT2D eigenvalue weighted by molar-refractivity contribution is -0.140. The molecular formula is C22H27BrN2O2. The molecule has 0 aromatic heterocycles. The zero-order valence-electron chi connectivity index (χ0n) is 16.3. The van der Waals surface area contributed by atoms with E-state index in [1.54, 1.807) is 11.8 Å². The molecule has 0 saturated carbocycles. The van der Waals surface area contributed by atoms with Crippen LogP contribution in [-0.2, 0) is 22.6 Å². The van der Waals surface area contributed by atoms with E-state index in [0.717, 1.165) is 15.6 Å². The number of halogens is 1. The van der Waals surface area contributed by atoms with E-state index < -0.39 is 6.04 Å². The summed E-state index contributed by atoms with van der Waals surface area (Å²) in [6, 6.07) is 16.8. The smallest absolute Gasteiger partial charge is 0.242 e. The van der Waals surface area contributed by atoms with Gasteiger partial charge in [-0.05, 0) is 51.0 Å². The molecule has 2 amide bonds. The van der Waals surface area contributed by atoms with Crippen molar-refractivity contribution in [3.63, 3.8) is 0 Å². The largest absolute Gasteiger partial charge is 0.350 e. The fourth-order valence-corrected chi connectivity index (χ4v) is 2.98. The summed E-state index contributed by atoms with van der Waals surface area (Å²) in [6.45, 7) is 7.97. The zero-order chi connectivity index (χ0) is 20.0. The van der Waals surface area contributed by atoms with Crippen LogP contribution in [0, 0.1) is 0 Å². The average Bonchev–Trinajstić information content (AvgIpc) is 2.60. The maximum Gasteiger partial charge on any atom is 0.242 e. The highest BCUT2D eigenvalue weighted by molar-refractivity contribution is 9.10. The third-order valence-electron chi connectivity index (χ3n) is 4.13. The molecule has 0 aliphatic rings. The zero-order valence-corrected chi connectivity index (χ0v) is 17.9. The van der Waals surface area contributed by atoms with Crippen LogP contribution in [0.1, 0.15) is 38.8 Å². The molecule has 0 bridgehead atoms. The van der Waals surface area contributed by atoms with Gasteiger partial charge in [0.15, 0.2) is 0 Å². The third-order valence-corrected chi connectivity index (χ3v) is 4.66. The number of carbonyl (C=O) groups excluding carboxylic acids is 2. The molecule has 1 unspecified atom stereocenters. The molecular weight excluding hydrogens is 404 g/mol. The van der Waals surface area contributed by atoms with Crippen LogP contribution in [0.2, 0.25) is 0 Å². The van der Waals surface area contributed by atoms with Crippen molar-refractivity contribution in [2.24, 2.45) is 0 Å². The molecule has 0 saturated heterocycles. The molecule has 2 aromatic rings. The van der Waals surface area contributed by atoms with Gasteiger partial charge in [-0.1, -0.05) is 58.4 Å². The van der Waals surface area contributed by atoms with Crippen LogP contribution in [-0.4, -0.2) is 28.3 Å². The van der Waals surface area contributed by atoms with Crippen molar-refractivity contribution in [2.45, 2.75) is 52.2 Å². The summed E-state index contributed by atoms with van der Waals surface area (Å²) >= 11 is 3.43. The summed E-state index contributed by atoms with van der Waals surface area (Å²) in [7, 11) is 0. The first-order valence-corrected chi connectivity index (χ1v) is 9.85. The highest BCUT2D eigenvalue weighted by atomic mass is 79.9. The first kappa shape index (κ1) is 21.2. The van der Waals surface area contributed by atoms with Crippen LogP contribution in [0.4, 0.5) is 0 Å². The Morgan fingerprint density at radius 3 is 2.15 bits per heavy atom. The second-order valence-corrected chi connectivity index (χ2v) is 8.64. The van der Waals surface area contributed by atoms with Crippen LogP contribution in [0.15, 0.2) is 59.1 Å². The van der Waals surface area contributed by atoms with Gasteiger partial charge in [0.25, 0.3) is 0 Å². The number of carbonyl (C=O) groups is 2. The van der Waals surface area contributed by atoms with Crippen LogP contribution in [0.3, 0.4) is 0 Å². The van der Waals surface area contributed by atoms with Gasteiger partial charge in [0, 0.05) is 16.6 Å². The molecule has 1 atom stereocenters. The average molecular weight is 431 g/mol. The number of hydrogen-bond acceptors (Lipinski definition) is 2. The number of amides is 2. The highest BCUT2D eigenvalue weighted by Gasteiger charge is 2.28. The summed E-state index contributed by atoms with van der Waals surface area (Å²) in [5.41, 5.74) is 1.57.